The van der Waals surface area contributed by atoms with Gasteiger partial charge in [-0.3, -0.25) is 4.99 Å². The molecule has 2 rings (SSSR count). The van der Waals surface area contributed by atoms with E-state index in [9.17, 15) is 0 Å². The quantitative estimate of drug-likeness (QED) is 0.396. The van der Waals surface area contributed by atoms with E-state index in [0.29, 0.717) is 17.5 Å². The molecule has 1 saturated heterocycles. The summed E-state index contributed by atoms with van der Waals surface area (Å²) in [4.78, 5) is 6.68. The number of hydrogen-bond acceptors (Lipinski definition) is 3. The Balaban J connectivity index is 0.00000288. The van der Waals surface area contributed by atoms with Gasteiger partial charge < -0.3 is 19.7 Å². The van der Waals surface area contributed by atoms with Crippen LogP contribution in [0.3, 0.4) is 0 Å². The summed E-state index contributed by atoms with van der Waals surface area (Å²) in [5.41, 5.74) is 1.06. The predicted molar refractivity (Wildman–Crippen MR) is 110 cm³/mol. The molecule has 1 unspecified atom stereocenters. The van der Waals surface area contributed by atoms with Crippen LogP contribution in [0.1, 0.15) is 18.9 Å². The summed E-state index contributed by atoms with van der Waals surface area (Å²) in [5.74, 6) is 2.29. The van der Waals surface area contributed by atoms with Gasteiger partial charge in [-0.2, -0.15) is 0 Å². The van der Waals surface area contributed by atoms with Crippen molar-refractivity contribution < 1.29 is 9.47 Å². The molecule has 0 saturated carbocycles. The van der Waals surface area contributed by atoms with E-state index in [0.717, 1.165) is 50.0 Å². The molecule has 24 heavy (non-hydrogen) atoms. The van der Waals surface area contributed by atoms with Crippen LogP contribution in [-0.2, 0) is 11.3 Å². The van der Waals surface area contributed by atoms with Crippen LogP contribution in [0.25, 0.3) is 0 Å². The van der Waals surface area contributed by atoms with E-state index in [2.05, 4.69) is 15.2 Å². The number of nitrogens with one attached hydrogen (secondary N) is 1. The minimum absolute atomic E-state index is 0. The standard InChI is InChI=1S/C17H26ClN3O2.HI/c1-4-23-12-13-7-8-21(11-13)17(19-2)20-10-14-5-6-15(18)9-16(14)22-3;/h5-6,9,13H,4,7-8,10-12H2,1-3H3,(H,19,20);1H. The molecule has 1 aromatic carbocycles. The second-order valence-electron chi connectivity index (χ2n) is 5.62. The third kappa shape index (κ3) is 5.97. The Kier molecular flexibility index (Phi) is 9.76. The number of ether oxygens (including phenoxy) is 2. The number of rotatable bonds is 6. The van der Waals surface area contributed by atoms with Gasteiger partial charge in [-0.05, 0) is 25.5 Å². The van der Waals surface area contributed by atoms with E-state index in [4.69, 9.17) is 21.1 Å². The van der Waals surface area contributed by atoms with Crippen LogP contribution < -0.4 is 10.1 Å². The molecule has 0 radical (unpaired) electrons. The first kappa shape index (κ1) is 21.3. The SMILES string of the molecule is CCOCC1CCN(C(=NC)NCc2ccc(Cl)cc2OC)C1.I. The first-order valence-electron chi connectivity index (χ1n) is 8.03. The molecule has 0 aliphatic carbocycles. The lowest BCUT2D eigenvalue weighted by Gasteiger charge is -2.22. The lowest BCUT2D eigenvalue weighted by atomic mass is 10.1. The molecule has 7 heteroatoms. The van der Waals surface area contributed by atoms with Crippen molar-refractivity contribution in [3.63, 3.8) is 0 Å². The Morgan fingerprint density at radius 1 is 1.46 bits per heavy atom. The number of aliphatic imine (C=N–C) groups is 1. The highest BCUT2D eigenvalue weighted by Gasteiger charge is 2.24. The largest absolute Gasteiger partial charge is 0.496 e. The highest BCUT2D eigenvalue weighted by atomic mass is 127. The molecular formula is C17H27ClIN3O2. The summed E-state index contributed by atoms with van der Waals surface area (Å²) < 4.78 is 10.9. The number of benzene rings is 1. The Morgan fingerprint density at radius 3 is 2.92 bits per heavy atom. The van der Waals surface area contributed by atoms with Gasteiger partial charge in [-0.25, -0.2) is 0 Å². The van der Waals surface area contributed by atoms with Gasteiger partial charge in [0.15, 0.2) is 5.96 Å². The van der Waals surface area contributed by atoms with Crippen LogP contribution >= 0.6 is 35.6 Å². The van der Waals surface area contributed by atoms with Gasteiger partial charge in [0.2, 0.25) is 0 Å². The minimum atomic E-state index is 0. The van der Waals surface area contributed by atoms with E-state index in [1.807, 2.05) is 32.2 Å². The number of nitrogens with zero attached hydrogens (tertiary/aromatic N) is 2. The molecule has 0 amide bonds. The zero-order valence-corrected chi connectivity index (χ0v) is 17.6. The van der Waals surface area contributed by atoms with Crippen molar-refractivity contribution in [2.45, 2.75) is 19.9 Å². The van der Waals surface area contributed by atoms with Crippen molar-refractivity contribution in [1.29, 1.82) is 0 Å². The zero-order valence-electron chi connectivity index (χ0n) is 14.5. The maximum Gasteiger partial charge on any atom is 0.193 e. The molecule has 0 spiro atoms. The Bertz CT molecular complexity index is 543. The average molecular weight is 468 g/mol. The molecule has 0 bridgehead atoms. The average Bonchev–Trinajstić information content (AvgIpc) is 3.03. The van der Waals surface area contributed by atoms with E-state index < -0.39 is 0 Å². The summed E-state index contributed by atoms with van der Waals surface area (Å²) in [7, 11) is 3.47. The van der Waals surface area contributed by atoms with Crippen LogP contribution in [0.2, 0.25) is 5.02 Å². The Morgan fingerprint density at radius 2 is 2.25 bits per heavy atom. The van der Waals surface area contributed by atoms with Crippen LogP contribution in [0.4, 0.5) is 0 Å². The fourth-order valence-electron chi connectivity index (χ4n) is 2.82. The first-order valence-corrected chi connectivity index (χ1v) is 8.41. The molecular weight excluding hydrogens is 441 g/mol. The number of guanidine groups is 1. The highest BCUT2D eigenvalue weighted by molar-refractivity contribution is 14.0. The lowest BCUT2D eigenvalue weighted by molar-refractivity contribution is 0.114. The molecule has 136 valence electrons. The third-order valence-corrected chi connectivity index (χ3v) is 4.28. The fraction of sp³-hybridized carbons (Fsp3) is 0.588. The number of likely N-dealkylation sites (tertiary alicyclic amines) is 1. The van der Waals surface area contributed by atoms with Gasteiger partial charge in [-0.15, -0.1) is 24.0 Å². The van der Waals surface area contributed by atoms with Gasteiger partial charge in [0.25, 0.3) is 0 Å². The molecule has 1 aliphatic rings. The number of hydrogen-bond donors (Lipinski definition) is 1. The van der Waals surface area contributed by atoms with Crippen LogP contribution in [-0.4, -0.2) is 51.3 Å². The molecule has 5 nitrogen and oxygen atoms in total. The molecule has 1 aliphatic heterocycles. The van der Waals surface area contributed by atoms with Crippen molar-refractivity contribution in [2.75, 3.05) is 40.5 Å². The summed E-state index contributed by atoms with van der Waals surface area (Å²) in [5, 5.41) is 4.08. The summed E-state index contributed by atoms with van der Waals surface area (Å²) in [6.45, 7) is 6.29. The molecule has 1 aromatic rings. The van der Waals surface area contributed by atoms with E-state index >= 15 is 0 Å². The van der Waals surface area contributed by atoms with Crippen molar-refractivity contribution in [3.05, 3.63) is 28.8 Å². The third-order valence-electron chi connectivity index (χ3n) is 4.04. The predicted octanol–water partition coefficient (Wildman–Crippen LogP) is 3.40. The maximum absolute atomic E-state index is 6.00. The van der Waals surface area contributed by atoms with Gasteiger partial charge in [-0.1, -0.05) is 17.7 Å². The Labute approximate surface area is 166 Å². The lowest BCUT2D eigenvalue weighted by Crippen LogP contribution is -2.39. The normalized spacial score (nSPS) is 17.6. The second kappa shape index (κ2) is 11.0. The van der Waals surface area contributed by atoms with E-state index in [-0.39, 0.29) is 24.0 Å². The topological polar surface area (TPSA) is 46.1 Å². The molecule has 1 fully saturated rings. The van der Waals surface area contributed by atoms with Crippen LogP contribution in [0.5, 0.6) is 5.75 Å². The van der Waals surface area contributed by atoms with Crippen molar-refractivity contribution in [3.8, 4) is 5.75 Å². The molecule has 0 aromatic heterocycles. The van der Waals surface area contributed by atoms with Gasteiger partial charge in [0, 0.05) is 49.8 Å². The van der Waals surface area contributed by atoms with Crippen LogP contribution in [0, 0.1) is 5.92 Å². The number of methoxy groups -OCH3 is 1. The van der Waals surface area contributed by atoms with Crippen LogP contribution in [0.15, 0.2) is 23.2 Å². The smallest absolute Gasteiger partial charge is 0.193 e. The minimum Gasteiger partial charge on any atom is -0.496 e. The van der Waals surface area contributed by atoms with E-state index in [1.165, 1.54) is 0 Å². The van der Waals surface area contributed by atoms with Crippen molar-refractivity contribution in [2.24, 2.45) is 10.9 Å². The monoisotopic (exact) mass is 467 g/mol. The van der Waals surface area contributed by atoms with E-state index in [1.54, 1.807) is 7.11 Å². The Hall–Kier alpha value is -0.730. The molecule has 1 N–H and O–H groups in total. The van der Waals surface area contributed by atoms with Gasteiger partial charge in [0.1, 0.15) is 5.75 Å². The van der Waals surface area contributed by atoms with Gasteiger partial charge in [0.05, 0.1) is 13.7 Å². The van der Waals surface area contributed by atoms with Crippen molar-refractivity contribution in [1.82, 2.24) is 10.2 Å². The fourth-order valence-corrected chi connectivity index (χ4v) is 2.98. The van der Waals surface area contributed by atoms with Crippen molar-refractivity contribution >= 4 is 41.5 Å². The van der Waals surface area contributed by atoms with Gasteiger partial charge >= 0.3 is 0 Å². The highest BCUT2D eigenvalue weighted by Crippen LogP contribution is 2.23. The second-order valence-corrected chi connectivity index (χ2v) is 6.05. The summed E-state index contributed by atoms with van der Waals surface area (Å²) in [6.07, 6.45) is 1.14. The first-order chi connectivity index (χ1) is 11.2. The maximum atomic E-state index is 6.00. The molecule has 1 heterocycles. The summed E-state index contributed by atoms with van der Waals surface area (Å²) >= 11 is 6.00. The molecule has 1 atom stereocenters. The number of halogens is 2. The zero-order chi connectivity index (χ0) is 16.7. The summed E-state index contributed by atoms with van der Waals surface area (Å²) in [6, 6.07) is 5.68.